The van der Waals surface area contributed by atoms with Crippen LogP contribution in [0.5, 0.6) is 17.2 Å². The minimum absolute atomic E-state index is 0.00306. The highest BCUT2D eigenvalue weighted by molar-refractivity contribution is 6.10. The topological polar surface area (TPSA) is 85.9 Å². The second-order valence-corrected chi connectivity index (χ2v) is 8.39. The van der Waals surface area contributed by atoms with Crippen molar-refractivity contribution in [3.63, 3.8) is 0 Å². The van der Waals surface area contributed by atoms with E-state index in [1.807, 2.05) is 0 Å². The molecular formula is C27H28F2N2O5. The van der Waals surface area contributed by atoms with Gasteiger partial charge < -0.3 is 24.8 Å². The van der Waals surface area contributed by atoms with Crippen LogP contribution < -0.4 is 24.8 Å². The molecule has 3 rings (SSSR count). The molecule has 3 aromatic carbocycles. The number of benzene rings is 3. The lowest BCUT2D eigenvalue weighted by Crippen LogP contribution is -2.18. The molecule has 0 bridgehead atoms. The van der Waals surface area contributed by atoms with Crippen molar-refractivity contribution in [2.75, 3.05) is 17.7 Å². The second kappa shape index (κ2) is 11.5. The van der Waals surface area contributed by atoms with Gasteiger partial charge in [0, 0.05) is 5.56 Å². The van der Waals surface area contributed by atoms with Crippen LogP contribution >= 0.6 is 0 Å². The fourth-order valence-corrected chi connectivity index (χ4v) is 3.32. The fraction of sp³-hybridized carbons (Fsp3) is 0.259. The summed E-state index contributed by atoms with van der Waals surface area (Å²) in [5.74, 6) is -2.66. The van der Waals surface area contributed by atoms with Gasteiger partial charge >= 0.3 is 0 Å². The van der Waals surface area contributed by atoms with Gasteiger partial charge in [0.25, 0.3) is 11.8 Å². The number of amides is 2. The predicted molar refractivity (Wildman–Crippen MR) is 133 cm³/mol. The van der Waals surface area contributed by atoms with E-state index < -0.39 is 23.4 Å². The summed E-state index contributed by atoms with van der Waals surface area (Å²) in [6.07, 6.45) is -0.515. The van der Waals surface area contributed by atoms with Crippen molar-refractivity contribution in [1.29, 1.82) is 0 Å². The molecule has 0 aromatic heterocycles. The predicted octanol–water partition coefficient (Wildman–Crippen LogP) is 6.05. The van der Waals surface area contributed by atoms with Gasteiger partial charge in [-0.05, 0) is 70.2 Å². The van der Waals surface area contributed by atoms with Crippen LogP contribution in [0.15, 0.2) is 54.6 Å². The van der Waals surface area contributed by atoms with Gasteiger partial charge in [-0.25, -0.2) is 8.78 Å². The quantitative estimate of drug-likeness (QED) is 0.375. The summed E-state index contributed by atoms with van der Waals surface area (Å²) in [6, 6.07) is 12.9. The van der Waals surface area contributed by atoms with Crippen molar-refractivity contribution in [1.82, 2.24) is 0 Å². The average Bonchev–Trinajstić information content (AvgIpc) is 2.83. The molecule has 0 spiro atoms. The molecule has 190 valence electrons. The summed E-state index contributed by atoms with van der Waals surface area (Å²) in [5.41, 5.74) is -0.131. The molecule has 9 heteroatoms. The molecule has 2 amide bonds. The monoisotopic (exact) mass is 498 g/mol. The minimum atomic E-state index is -0.730. The molecule has 0 heterocycles. The molecule has 0 aliphatic heterocycles. The Morgan fingerprint density at radius 1 is 0.722 bits per heavy atom. The Bertz CT molecular complexity index is 1260. The summed E-state index contributed by atoms with van der Waals surface area (Å²) in [6.45, 7) is 7.03. The molecule has 0 unspecified atom stereocenters. The first-order valence-electron chi connectivity index (χ1n) is 11.3. The SMILES string of the molecule is COc1ccc(C(=O)Nc2cccc(OC(C)C)c2F)cc1C(=O)Nc1cccc(OC(C)C)c1F. The number of carbonyl (C=O) groups excluding carboxylic acids is 2. The third-order valence-corrected chi connectivity index (χ3v) is 4.85. The van der Waals surface area contributed by atoms with Crippen LogP contribution in [0.1, 0.15) is 48.4 Å². The van der Waals surface area contributed by atoms with Gasteiger partial charge in [-0.3, -0.25) is 9.59 Å². The lowest BCUT2D eigenvalue weighted by atomic mass is 10.1. The van der Waals surface area contributed by atoms with Crippen LogP contribution in [0.4, 0.5) is 20.2 Å². The van der Waals surface area contributed by atoms with Crippen molar-refractivity contribution < 1.29 is 32.6 Å². The van der Waals surface area contributed by atoms with E-state index in [4.69, 9.17) is 14.2 Å². The van der Waals surface area contributed by atoms with Crippen molar-refractivity contribution >= 4 is 23.2 Å². The normalized spacial score (nSPS) is 10.8. The van der Waals surface area contributed by atoms with E-state index in [9.17, 15) is 18.4 Å². The third-order valence-electron chi connectivity index (χ3n) is 4.85. The first-order chi connectivity index (χ1) is 17.1. The van der Waals surface area contributed by atoms with Crippen LogP contribution in [0.25, 0.3) is 0 Å². The van der Waals surface area contributed by atoms with Gasteiger partial charge in [-0.1, -0.05) is 12.1 Å². The molecule has 7 nitrogen and oxygen atoms in total. The van der Waals surface area contributed by atoms with Crippen molar-refractivity contribution in [2.45, 2.75) is 39.9 Å². The van der Waals surface area contributed by atoms with E-state index in [2.05, 4.69) is 10.6 Å². The van der Waals surface area contributed by atoms with Gasteiger partial charge in [0.15, 0.2) is 23.1 Å². The molecule has 2 N–H and O–H groups in total. The first-order valence-corrected chi connectivity index (χ1v) is 11.3. The highest BCUT2D eigenvalue weighted by Gasteiger charge is 2.20. The van der Waals surface area contributed by atoms with E-state index in [-0.39, 0.29) is 52.0 Å². The van der Waals surface area contributed by atoms with E-state index in [0.717, 1.165) is 0 Å². The number of nitrogens with one attached hydrogen (secondary N) is 2. The summed E-state index contributed by atoms with van der Waals surface area (Å²) in [7, 11) is 1.36. The van der Waals surface area contributed by atoms with E-state index >= 15 is 0 Å². The largest absolute Gasteiger partial charge is 0.496 e. The Morgan fingerprint density at radius 3 is 1.69 bits per heavy atom. The lowest BCUT2D eigenvalue weighted by Gasteiger charge is -2.15. The van der Waals surface area contributed by atoms with Gasteiger partial charge in [-0.15, -0.1) is 0 Å². The summed E-state index contributed by atoms with van der Waals surface area (Å²) in [5, 5.41) is 4.97. The van der Waals surface area contributed by atoms with Gasteiger partial charge in [0.05, 0.1) is 36.3 Å². The molecule has 0 saturated carbocycles. The van der Waals surface area contributed by atoms with E-state index in [1.165, 1.54) is 49.6 Å². The zero-order valence-corrected chi connectivity index (χ0v) is 20.6. The number of hydrogen-bond acceptors (Lipinski definition) is 5. The summed E-state index contributed by atoms with van der Waals surface area (Å²) >= 11 is 0. The molecule has 36 heavy (non-hydrogen) atoms. The second-order valence-electron chi connectivity index (χ2n) is 8.39. The first kappa shape index (κ1) is 26.5. The Labute approximate surface area is 208 Å². The van der Waals surface area contributed by atoms with Crippen LogP contribution in [-0.2, 0) is 0 Å². The maximum atomic E-state index is 14.8. The molecule has 0 aliphatic rings. The Kier molecular flexibility index (Phi) is 8.47. The number of hydrogen-bond donors (Lipinski definition) is 2. The van der Waals surface area contributed by atoms with Crippen LogP contribution in [0.2, 0.25) is 0 Å². The van der Waals surface area contributed by atoms with Crippen molar-refractivity contribution in [2.24, 2.45) is 0 Å². The molecule has 0 saturated heterocycles. The molecule has 0 fully saturated rings. The lowest BCUT2D eigenvalue weighted by molar-refractivity contribution is 0.102. The molecular weight excluding hydrogens is 470 g/mol. The Morgan fingerprint density at radius 2 is 1.22 bits per heavy atom. The van der Waals surface area contributed by atoms with Crippen molar-refractivity contribution in [3.8, 4) is 17.2 Å². The highest BCUT2D eigenvalue weighted by Crippen LogP contribution is 2.29. The minimum Gasteiger partial charge on any atom is -0.496 e. The average molecular weight is 499 g/mol. The summed E-state index contributed by atoms with van der Waals surface area (Å²) < 4.78 is 45.7. The Balaban J connectivity index is 1.86. The van der Waals surface area contributed by atoms with Crippen LogP contribution in [-0.4, -0.2) is 31.1 Å². The maximum Gasteiger partial charge on any atom is 0.259 e. The zero-order chi connectivity index (χ0) is 26.4. The molecule has 3 aromatic rings. The van der Waals surface area contributed by atoms with Gasteiger partial charge in [0.2, 0.25) is 0 Å². The van der Waals surface area contributed by atoms with E-state index in [0.29, 0.717) is 0 Å². The van der Waals surface area contributed by atoms with E-state index in [1.54, 1.807) is 39.8 Å². The molecule has 0 aliphatic carbocycles. The van der Waals surface area contributed by atoms with Crippen molar-refractivity contribution in [3.05, 3.63) is 77.4 Å². The van der Waals surface area contributed by atoms with Gasteiger partial charge in [0.1, 0.15) is 5.75 Å². The number of rotatable bonds is 9. The number of methoxy groups -OCH3 is 1. The Hall–Kier alpha value is -4.14. The molecule has 0 atom stereocenters. The smallest absolute Gasteiger partial charge is 0.259 e. The zero-order valence-electron chi connectivity index (χ0n) is 20.6. The highest BCUT2D eigenvalue weighted by atomic mass is 19.1. The maximum absolute atomic E-state index is 14.8. The third kappa shape index (κ3) is 6.29. The number of anilines is 2. The number of halogens is 2. The standard InChI is InChI=1S/C27H28F2N2O5/c1-15(2)35-22-10-6-8-19(24(22)28)30-26(32)17-12-13-21(34-5)18(14-17)27(33)31-20-9-7-11-23(25(20)29)36-16(3)4/h6-16H,1-5H3,(H,30,32)(H,31,33). The number of ether oxygens (including phenoxy) is 3. The summed E-state index contributed by atoms with van der Waals surface area (Å²) in [4.78, 5) is 25.9. The van der Waals surface area contributed by atoms with Crippen LogP contribution in [0.3, 0.4) is 0 Å². The fourth-order valence-electron chi connectivity index (χ4n) is 3.32. The molecule has 0 radical (unpaired) electrons. The number of carbonyl (C=O) groups is 2. The van der Waals surface area contributed by atoms with Gasteiger partial charge in [-0.2, -0.15) is 0 Å². The van der Waals surface area contributed by atoms with Crippen LogP contribution in [0, 0.1) is 11.6 Å².